The standard InChI is InChI=1S/C13H18ClN3O2/c1-15-7-11-4-5-16(9-11)8-10-2-3-12(14)13(6-10)17(18)19/h2-3,6,11,15H,4-5,7-9H2,1H3. The molecule has 6 heteroatoms. The highest BCUT2D eigenvalue weighted by Crippen LogP contribution is 2.26. The van der Waals surface area contributed by atoms with Crippen LogP contribution in [-0.4, -0.2) is 36.5 Å². The molecular weight excluding hydrogens is 266 g/mol. The second-order valence-corrected chi connectivity index (χ2v) is 5.40. The van der Waals surface area contributed by atoms with E-state index in [1.807, 2.05) is 13.1 Å². The van der Waals surface area contributed by atoms with Crippen LogP contribution in [0.25, 0.3) is 0 Å². The SMILES string of the molecule is CNCC1CCN(Cc2ccc(Cl)c([N+](=O)[O-])c2)C1. The van der Waals surface area contributed by atoms with E-state index in [-0.39, 0.29) is 10.7 Å². The minimum absolute atomic E-state index is 0.00913. The Morgan fingerprint density at radius 2 is 2.37 bits per heavy atom. The highest BCUT2D eigenvalue weighted by atomic mass is 35.5. The zero-order valence-electron chi connectivity index (χ0n) is 10.9. The molecule has 0 aromatic heterocycles. The average Bonchev–Trinajstić information content (AvgIpc) is 2.79. The van der Waals surface area contributed by atoms with Crippen LogP contribution in [0, 0.1) is 16.0 Å². The Morgan fingerprint density at radius 1 is 1.58 bits per heavy atom. The first-order chi connectivity index (χ1) is 9.10. The van der Waals surface area contributed by atoms with Crippen molar-refractivity contribution in [3.8, 4) is 0 Å². The maximum absolute atomic E-state index is 10.8. The maximum Gasteiger partial charge on any atom is 0.288 e. The monoisotopic (exact) mass is 283 g/mol. The molecule has 2 rings (SSSR count). The lowest BCUT2D eigenvalue weighted by atomic mass is 10.1. The van der Waals surface area contributed by atoms with Crippen LogP contribution in [0.3, 0.4) is 0 Å². The van der Waals surface area contributed by atoms with Gasteiger partial charge in [0.1, 0.15) is 5.02 Å². The third-order valence-corrected chi connectivity index (χ3v) is 3.80. The molecule has 1 N–H and O–H groups in total. The third kappa shape index (κ3) is 3.65. The van der Waals surface area contributed by atoms with Crippen molar-refractivity contribution < 1.29 is 4.92 Å². The Morgan fingerprint density at radius 3 is 3.05 bits per heavy atom. The lowest BCUT2D eigenvalue weighted by Gasteiger charge is -2.16. The van der Waals surface area contributed by atoms with Crippen LogP contribution >= 0.6 is 11.6 Å². The minimum atomic E-state index is -0.431. The number of rotatable bonds is 5. The largest absolute Gasteiger partial charge is 0.319 e. The topological polar surface area (TPSA) is 58.4 Å². The molecule has 0 radical (unpaired) electrons. The van der Waals surface area contributed by atoms with E-state index in [1.54, 1.807) is 12.1 Å². The number of nitrogens with one attached hydrogen (secondary N) is 1. The van der Waals surface area contributed by atoms with Crippen LogP contribution in [0.1, 0.15) is 12.0 Å². The van der Waals surface area contributed by atoms with Gasteiger partial charge < -0.3 is 5.32 Å². The Balaban J connectivity index is 2.00. The number of nitro groups is 1. The van der Waals surface area contributed by atoms with Crippen LogP contribution in [0.4, 0.5) is 5.69 Å². The van der Waals surface area contributed by atoms with Crippen molar-refractivity contribution in [2.45, 2.75) is 13.0 Å². The van der Waals surface area contributed by atoms with Crippen molar-refractivity contribution >= 4 is 17.3 Å². The van der Waals surface area contributed by atoms with E-state index in [0.29, 0.717) is 5.92 Å². The molecule has 0 amide bonds. The molecule has 0 saturated carbocycles. The zero-order chi connectivity index (χ0) is 13.8. The number of nitro benzene ring substituents is 1. The van der Waals surface area contributed by atoms with E-state index in [1.165, 1.54) is 6.42 Å². The first-order valence-electron chi connectivity index (χ1n) is 6.40. The van der Waals surface area contributed by atoms with E-state index in [9.17, 15) is 10.1 Å². The van der Waals surface area contributed by atoms with Crippen LogP contribution in [-0.2, 0) is 6.54 Å². The van der Waals surface area contributed by atoms with Gasteiger partial charge in [-0.05, 0) is 44.1 Å². The number of likely N-dealkylation sites (tertiary alicyclic amines) is 1. The summed E-state index contributed by atoms with van der Waals surface area (Å²) in [5.41, 5.74) is 0.936. The number of nitrogens with zero attached hydrogens (tertiary/aromatic N) is 2. The summed E-state index contributed by atoms with van der Waals surface area (Å²) in [6, 6.07) is 5.05. The smallest absolute Gasteiger partial charge is 0.288 e. The lowest BCUT2D eigenvalue weighted by Crippen LogP contribution is -2.24. The highest BCUT2D eigenvalue weighted by molar-refractivity contribution is 6.32. The summed E-state index contributed by atoms with van der Waals surface area (Å²) in [6.45, 7) is 3.86. The van der Waals surface area contributed by atoms with Gasteiger partial charge in [-0.1, -0.05) is 17.7 Å². The number of benzene rings is 1. The summed E-state index contributed by atoms with van der Waals surface area (Å²) >= 11 is 5.81. The van der Waals surface area contributed by atoms with E-state index in [2.05, 4.69) is 10.2 Å². The summed E-state index contributed by atoms with van der Waals surface area (Å²) in [7, 11) is 1.96. The summed E-state index contributed by atoms with van der Waals surface area (Å²) in [5.74, 6) is 0.673. The van der Waals surface area contributed by atoms with Gasteiger partial charge in [-0.2, -0.15) is 0 Å². The number of hydrogen-bond donors (Lipinski definition) is 1. The van der Waals surface area contributed by atoms with Crippen molar-refractivity contribution in [2.75, 3.05) is 26.7 Å². The fraction of sp³-hybridized carbons (Fsp3) is 0.538. The molecule has 5 nitrogen and oxygen atoms in total. The molecule has 1 atom stereocenters. The lowest BCUT2D eigenvalue weighted by molar-refractivity contribution is -0.384. The Labute approximate surface area is 117 Å². The molecule has 1 aromatic rings. The van der Waals surface area contributed by atoms with Gasteiger partial charge in [-0.25, -0.2) is 0 Å². The summed E-state index contributed by atoms with van der Waals surface area (Å²) in [5, 5.41) is 14.2. The molecule has 1 aliphatic heterocycles. The first-order valence-corrected chi connectivity index (χ1v) is 6.77. The van der Waals surface area contributed by atoms with Crippen molar-refractivity contribution in [3.05, 3.63) is 38.9 Å². The van der Waals surface area contributed by atoms with E-state index >= 15 is 0 Å². The molecule has 1 aromatic carbocycles. The van der Waals surface area contributed by atoms with Gasteiger partial charge in [0.05, 0.1) is 4.92 Å². The molecule has 1 aliphatic rings. The van der Waals surface area contributed by atoms with Gasteiger partial charge in [0.25, 0.3) is 5.69 Å². The van der Waals surface area contributed by atoms with Crippen molar-refractivity contribution in [2.24, 2.45) is 5.92 Å². The zero-order valence-corrected chi connectivity index (χ0v) is 11.7. The fourth-order valence-corrected chi connectivity index (χ4v) is 2.75. The molecular formula is C13H18ClN3O2. The van der Waals surface area contributed by atoms with Crippen LogP contribution in [0.2, 0.25) is 5.02 Å². The van der Waals surface area contributed by atoms with Crippen LogP contribution in [0.15, 0.2) is 18.2 Å². The molecule has 1 fully saturated rings. The molecule has 1 unspecified atom stereocenters. The normalized spacial score (nSPS) is 19.8. The van der Waals surface area contributed by atoms with Crippen molar-refractivity contribution in [1.29, 1.82) is 0 Å². The third-order valence-electron chi connectivity index (χ3n) is 3.48. The van der Waals surface area contributed by atoms with Gasteiger partial charge in [0, 0.05) is 19.2 Å². The second kappa shape index (κ2) is 6.32. The summed E-state index contributed by atoms with van der Waals surface area (Å²) in [6.07, 6.45) is 1.18. The first kappa shape index (κ1) is 14.2. The van der Waals surface area contributed by atoms with Crippen LogP contribution < -0.4 is 5.32 Å². The van der Waals surface area contributed by atoms with E-state index in [4.69, 9.17) is 11.6 Å². The van der Waals surface area contributed by atoms with Crippen LogP contribution in [0.5, 0.6) is 0 Å². The number of hydrogen-bond acceptors (Lipinski definition) is 4. The molecule has 1 heterocycles. The summed E-state index contributed by atoms with van der Waals surface area (Å²) < 4.78 is 0. The van der Waals surface area contributed by atoms with Gasteiger partial charge in [-0.15, -0.1) is 0 Å². The molecule has 19 heavy (non-hydrogen) atoms. The Hall–Kier alpha value is -1.17. The van der Waals surface area contributed by atoms with Gasteiger partial charge in [-0.3, -0.25) is 15.0 Å². The Bertz CT molecular complexity index is 467. The second-order valence-electron chi connectivity index (χ2n) is 4.99. The van der Waals surface area contributed by atoms with E-state index in [0.717, 1.165) is 31.7 Å². The molecule has 0 spiro atoms. The molecule has 0 bridgehead atoms. The number of halogens is 1. The predicted molar refractivity (Wildman–Crippen MR) is 75.4 cm³/mol. The maximum atomic E-state index is 10.8. The van der Waals surface area contributed by atoms with E-state index < -0.39 is 4.92 Å². The fourth-order valence-electron chi connectivity index (χ4n) is 2.57. The molecule has 1 saturated heterocycles. The van der Waals surface area contributed by atoms with Crippen molar-refractivity contribution in [3.63, 3.8) is 0 Å². The molecule has 0 aliphatic carbocycles. The Kier molecular flexibility index (Phi) is 4.74. The minimum Gasteiger partial charge on any atom is -0.319 e. The van der Waals surface area contributed by atoms with Crippen molar-refractivity contribution in [1.82, 2.24) is 10.2 Å². The highest BCUT2D eigenvalue weighted by Gasteiger charge is 2.22. The van der Waals surface area contributed by atoms with Gasteiger partial charge >= 0.3 is 0 Å². The quantitative estimate of drug-likeness (QED) is 0.665. The molecule has 104 valence electrons. The summed E-state index contributed by atoms with van der Waals surface area (Å²) in [4.78, 5) is 12.7. The predicted octanol–water partition coefficient (Wildman–Crippen LogP) is 2.29. The average molecular weight is 284 g/mol. The van der Waals surface area contributed by atoms with Gasteiger partial charge in [0.15, 0.2) is 0 Å². The van der Waals surface area contributed by atoms with Gasteiger partial charge in [0.2, 0.25) is 0 Å².